The molecule has 0 spiro atoms. The summed E-state index contributed by atoms with van der Waals surface area (Å²) in [5.41, 5.74) is 7.55. The van der Waals surface area contributed by atoms with Crippen LogP contribution in [0.25, 0.3) is 0 Å². The summed E-state index contributed by atoms with van der Waals surface area (Å²) in [5, 5.41) is 9.38. The lowest BCUT2D eigenvalue weighted by Crippen LogP contribution is -2.33. The van der Waals surface area contributed by atoms with Crippen LogP contribution in [0, 0.1) is 0 Å². The van der Waals surface area contributed by atoms with Crippen LogP contribution >= 0.6 is 0 Å². The van der Waals surface area contributed by atoms with Crippen LogP contribution in [0.1, 0.15) is 17.0 Å². The Balaban J connectivity index is 1.98. The highest BCUT2D eigenvalue weighted by Gasteiger charge is 2.18. The summed E-state index contributed by atoms with van der Waals surface area (Å²) in [7, 11) is 0. The number of nitrogens with one attached hydrogen (secondary N) is 2. The molecule has 1 atom stereocenters. The Morgan fingerprint density at radius 2 is 2.17 bits per heavy atom. The van der Waals surface area contributed by atoms with Gasteiger partial charge in [-0.3, -0.25) is 9.89 Å². The van der Waals surface area contributed by atoms with Gasteiger partial charge in [0.1, 0.15) is 0 Å². The van der Waals surface area contributed by atoms with Gasteiger partial charge < -0.3 is 11.1 Å². The van der Waals surface area contributed by atoms with Crippen molar-refractivity contribution in [3.63, 3.8) is 0 Å². The van der Waals surface area contributed by atoms with E-state index in [1.807, 2.05) is 30.3 Å². The lowest BCUT2D eigenvalue weighted by Gasteiger charge is -2.14. The number of H-pyrrole nitrogens is 1. The van der Waals surface area contributed by atoms with Crippen LogP contribution in [0.15, 0.2) is 42.7 Å². The molecule has 5 heteroatoms. The molecule has 18 heavy (non-hydrogen) atoms. The molecule has 0 bridgehead atoms. The first-order valence-corrected chi connectivity index (χ1v) is 5.81. The third-order valence-electron chi connectivity index (χ3n) is 2.78. The summed E-state index contributed by atoms with van der Waals surface area (Å²) in [6, 6.07) is 9.55. The fourth-order valence-electron chi connectivity index (χ4n) is 1.77. The molecule has 94 valence electrons. The summed E-state index contributed by atoms with van der Waals surface area (Å²) in [5.74, 6) is -0.372. The van der Waals surface area contributed by atoms with E-state index in [0.717, 1.165) is 11.1 Å². The van der Waals surface area contributed by atoms with Gasteiger partial charge in [-0.25, -0.2) is 0 Å². The molecule has 0 radical (unpaired) electrons. The van der Waals surface area contributed by atoms with E-state index in [9.17, 15) is 4.79 Å². The maximum atomic E-state index is 12.0. The second-order valence-corrected chi connectivity index (χ2v) is 4.02. The highest BCUT2D eigenvalue weighted by molar-refractivity contribution is 5.83. The molecular weight excluding hydrogens is 228 g/mol. The van der Waals surface area contributed by atoms with Crippen molar-refractivity contribution in [2.45, 2.75) is 12.5 Å². The fraction of sp³-hybridized carbons (Fsp3) is 0.231. The maximum Gasteiger partial charge on any atom is 0.229 e. The monoisotopic (exact) mass is 244 g/mol. The number of nitrogens with zero attached hydrogens (tertiary/aromatic N) is 1. The summed E-state index contributed by atoms with van der Waals surface area (Å²) < 4.78 is 0. The van der Waals surface area contributed by atoms with Crippen molar-refractivity contribution in [3.05, 3.63) is 53.9 Å². The van der Waals surface area contributed by atoms with Crippen LogP contribution in [-0.4, -0.2) is 22.6 Å². The molecule has 2 aromatic rings. The zero-order chi connectivity index (χ0) is 12.8. The van der Waals surface area contributed by atoms with Gasteiger partial charge in [0.25, 0.3) is 0 Å². The van der Waals surface area contributed by atoms with Crippen LogP contribution in [-0.2, 0) is 11.3 Å². The minimum Gasteiger partial charge on any atom is -0.351 e. The second-order valence-electron chi connectivity index (χ2n) is 4.02. The van der Waals surface area contributed by atoms with Gasteiger partial charge in [-0.2, -0.15) is 5.10 Å². The Morgan fingerprint density at radius 1 is 1.39 bits per heavy atom. The molecule has 0 aliphatic carbocycles. The van der Waals surface area contributed by atoms with Crippen LogP contribution < -0.4 is 11.1 Å². The van der Waals surface area contributed by atoms with Crippen LogP contribution in [0.5, 0.6) is 0 Å². The number of carbonyl (C=O) groups is 1. The molecule has 0 saturated carbocycles. The number of carbonyl (C=O) groups excluding carboxylic acids is 1. The minimum atomic E-state index is -0.307. The van der Waals surface area contributed by atoms with Crippen molar-refractivity contribution in [3.8, 4) is 0 Å². The Hall–Kier alpha value is -2.14. The van der Waals surface area contributed by atoms with Gasteiger partial charge >= 0.3 is 0 Å². The molecule has 4 N–H and O–H groups in total. The van der Waals surface area contributed by atoms with Crippen molar-refractivity contribution in [2.75, 3.05) is 6.54 Å². The van der Waals surface area contributed by atoms with Crippen molar-refractivity contribution >= 4 is 5.91 Å². The molecule has 1 unspecified atom stereocenters. The standard InChI is InChI=1S/C13H16N4O/c14-6-12(11-4-2-1-3-5-11)13(18)15-7-10-8-16-17-9-10/h1-5,8-9,12H,6-7,14H2,(H,15,18)(H,16,17). The molecule has 0 fully saturated rings. The largest absolute Gasteiger partial charge is 0.351 e. The maximum absolute atomic E-state index is 12.0. The van der Waals surface area contributed by atoms with Crippen LogP contribution in [0.2, 0.25) is 0 Å². The highest BCUT2D eigenvalue weighted by atomic mass is 16.1. The molecule has 0 saturated heterocycles. The number of benzene rings is 1. The summed E-state index contributed by atoms with van der Waals surface area (Å²) in [6.07, 6.45) is 3.43. The Morgan fingerprint density at radius 3 is 2.78 bits per heavy atom. The molecule has 5 nitrogen and oxygen atoms in total. The normalized spacial score (nSPS) is 12.1. The van der Waals surface area contributed by atoms with Gasteiger partial charge in [-0.15, -0.1) is 0 Å². The Labute approximate surface area is 105 Å². The minimum absolute atomic E-state index is 0.0649. The van der Waals surface area contributed by atoms with E-state index in [1.54, 1.807) is 12.4 Å². The number of nitrogens with two attached hydrogens (primary N) is 1. The molecule has 1 heterocycles. The molecular formula is C13H16N4O. The van der Waals surface area contributed by atoms with E-state index in [1.165, 1.54) is 0 Å². The average molecular weight is 244 g/mol. The first kappa shape index (κ1) is 12.3. The van der Waals surface area contributed by atoms with Crippen LogP contribution in [0.4, 0.5) is 0 Å². The molecule has 1 aromatic carbocycles. The molecule has 1 amide bonds. The fourth-order valence-corrected chi connectivity index (χ4v) is 1.77. The van der Waals surface area contributed by atoms with Crippen molar-refractivity contribution < 1.29 is 4.79 Å². The predicted molar refractivity (Wildman–Crippen MR) is 68.7 cm³/mol. The van der Waals surface area contributed by atoms with Gasteiger partial charge in [-0.05, 0) is 5.56 Å². The van der Waals surface area contributed by atoms with Gasteiger partial charge in [0.15, 0.2) is 0 Å². The number of aromatic amines is 1. The first-order chi connectivity index (χ1) is 8.81. The lowest BCUT2D eigenvalue weighted by atomic mass is 9.98. The van der Waals surface area contributed by atoms with Gasteiger partial charge in [-0.1, -0.05) is 30.3 Å². The Bertz CT molecular complexity index is 481. The third-order valence-corrected chi connectivity index (χ3v) is 2.78. The number of amides is 1. The first-order valence-electron chi connectivity index (χ1n) is 5.81. The van der Waals surface area contributed by atoms with E-state index in [0.29, 0.717) is 13.1 Å². The topological polar surface area (TPSA) is 83.8 Å². The quantitative estimate of drug-likeness (QED) is 0.726. The highest BCUT2D eigenvalue weighted by Crippen LogP contribution is 2.14. The lowest BCUT2D eigenvalue weighted by molar-refractivity contribution is -0.122. The molecule has 2 rings (SSSR count). The summed E-state index contributed by atoms with van der Waals surface area (Å²) >= 11 is 0. The van der Waals surface area contributed by atoms with Crippen molar-refractivity contribution in [1.82, 2.24) is 15.5 Å². The number of aromatic nitrogens is 2. The number of rotatable bonds is 5. The van der Waals surface area contributed by atoms with E-state index in [2.05, 4.69) is 15.5 Å². The Kier molecular flexibility index (Phi) is 4.09. The number of hydrogen-bond donors (Lipinski definition) is 3. The molecule has 0 aliphatic rings. The molecule has 0 aliphatic heterocycles. The van der Waals surface area contributed by atoms with E-state index < -0.39 is 0 Å². The van der Waals surface area contributed by atoms with Crippen molar-refractivity contribution in [1.29, 1.82) is 0 Å². The molecule has 1 aromatic heterocycles. The summed E-state index contributed by atoms with van der Waals surface area (Å²) in [6.45, 7) is 0.750. The zero-order valence-electron chi connectivity index (χ0n) is 9.97. The van der Waals surface area contributed by atoms with E-state index in [4.69, 9.17) is 5.73 Å². The average Bonchev–Trinajstić information content (AvgIpc) is 2.92. The van der Waals surface area contributed by atoms with Gasteiger partial charge in [0.05, 0.1) is 12.1 Å². The SMILES string of the molecule is NCC(C(=O)NCc1cn[nH]c1)c1ccccc1. The predicted octanol–water partition coefficient (Wildman–Crippen LogP) is 0.768. The van der Waals surface area contributed by atoms with Gasteiger partial charge in [0, 0.05) is 24.8 Å². The van der Waals surface area contributed by atoms with Gasteiger partial charge in [0.2, 0.25) is 5.91 Å². The third kappa shape index (κ3) is 2.95. The second kappa shape index (κ2) is 5.97. The van der Waals surface area contributed by atoms with Crippen LogP contribution in [0.3, 0.4) is 0 Å². The smallest absolute Gasteiger partial charge is 0.229 e. The number of hydrogen-bond acceptors (Lipinski definition) is 3. The van der Waals surface area contributed by atoms with E-state index in [-0.39, 0.29) is 11.8 Å². The van der Waals surface area contributed by atoms with E-state index >= 15 is 0 Å². The van der Waals surface area contributed by atoms with Crippen molar-refractivity contribution in [2.24, 2.45) is 5.73 Å². The summed E-state index contributed by atoms with van der Waals surface area (Å²) in [4.78, 5) is 12.0. The zero-order valence-corrected chi connectivity index (χ0v) is 9.97.